The summed E-state index contributed by atoms with van der Waals surface area (Å²) in [4.78, 5) is 24.9. The van der Waals surface area contributed by atoms with Gasteiger partial charge in [0.1, 0.15) is 5.69 Å². The minimum Gasteiger partial charge on any atom is -0.481 e. The molecular formula is C19H18N4O3. The van der Waals surface area contributed by atoms with Crippen LogP contribution in [-0.2, 0) is 4.79 Å². The van der Waals surface area contributed by atoms with Crippen LogP contribution in [0.5, 0.6) is 0 Å². The highest BCUT2D eigenvalue weighted by molar-refractivity contribution is 5.98. The Labute approximate surface area is 150 Å². The second-order valence-electron chi connectivity index (χ2n) is 5.77. The summed E-state index contributed by atoms with van der Waals surface area (Å²) in [6, 6.07) is 18.8. The maximum Gasteiger partial charge on any atom is 0.305 e. The van der Waals surface area contributed by atoms with Gasteiger partial charge in [-0.2, -0.15) is 0 Å². The molecule has 0 spiro atoms. The van der Waals surface area contributed by atoms with Gasteiger partial charge in [0.2, 0.25) is 0 Å². The Morgan fingerprint density at radius 1 is 1.04 bits per heavy atom. The highest BCUT2D eigenvalue weighted by Gasteiger charge is 2.24. The molecule has 1 amide bonds. The van der Waals surface area contributed by atoms with Crippen molar-refractivity contribution in [2.75, 3.05) is 13.6 Å². The third-order valence-electron chi connectivity index (χ3n) is 3.93. The van der Waals surface area contributed by atoms with Gasteiger partial charge in [0.05, 0.1) is 12.1 Å². The van der Waals surface area contributed by atoms with Gasteiger partial charge in [-0.05, 0) is 12.1 Å². The van der Waals surface area contributed by atoms with Gasteiger partial charge in [-0.25, -0.2) is 4.68 Å². The topological polar surface area (TPSA) is 88.3 Å². The van der Waals surface area contributed by atoms with Crippen LogP contribution in [0.15, 0.2) is 60.7 Å². The number of carboxylic acids is 1. The van der Waals surface area contributed by atoms with Crippen LogP contribution in [0.4, 0.5) is 0 Å². The minimum atomic E-state index is -0.958. The summed E-state index contributed by atoms with van der Waals surface area (Å²) in [5, 5.41) is 17.1. The molecule has 0 saturated carbocycles. The third kappa shape index (κ3) is 3.61. The Bertz CT molecular complexity index is 907. The average Bonchev–Trinajstić information content (AvgIpc) is 3.12. The first-order chi connectivity index (χ1) is 12.6. The van der Waals surface area contributed by atoms with Crippen molar-refractivity contribution in [3.63, 3.8) is 0 Å². The summed E-state index contributed by atoms with van der Waals surface area (Å²) in [5.74, 6) is -1.33. The van der Waals surface area contributed by atoms with Gasteiger partial charge in [0.25, 0.3) is 5.91 Å². The van der Waals surface area contributed by atoms with E-state index in [1.165, 1.54) is 4.90 Å². The van der Waals surface area contributed by atoms with E-state index < -0.39 is 5.97 Å². The lowest BCUT2D eigenvalue weighted by Crippen LogP contribution is -2.29. The Morgan fingerprint density at radius 3 is 2.27 bits per heavy atom. The molecule has 0 aliphatic rings. The summed E-state index contributed by atoms with van der Waals surface area (Å²) in [6.45, 7) is 0.0978. The zero-order valence-corrected chi connectivity index (χ0v) is 14.2. The fourth-order valence-electron chi connectivity index (χ4n) is 2.58. The van der Waals surface area contributed by atoms with Crippen LogP contribution >= 0.6 is 0 Å². The molecule has 0 bridgehead atoms. The smallest absolute Gasteiger partial charge is 0.305 e. The zero-order chi connectivity index (χ0) is 18.5. The van der Waals surface area contributed by atoms with Crippen LogP contribution in [0.2, 0.25) is 0 Å². The predicted octanol–water partition coefficient (Wildman–Crippen LogP) is 2.48. The van der Waals surface area contributed by atoms with Gasteiger partial charge in [-0.3, -0.25) is 9.59 Å². The maximum absolute atomic E-state index is 12.8. The molecule has 3 rings (SSSR count). The second-order valence-corrected chi connectivity index (χ2v) is 5.77. The number of benzene rings is 2. The van der Waals surface area contributed by atoms with E-state index in [-0.39, 0.29) is 24.6 Å². The van der Waals surface area contributed by atoms with Gasteiger partial charge in [-0.1, -0.05) is 53.7 Å². The van der Waals surface area contributed by atoms with Crippen molar-refractivity contribution >= 4 is 11.9 Å². The summed E-state index contributed by atoms with van der Waals surface area (Å²) >= 11 is 0. The molecule has 0 atom stereocenters. The lowest BCUT2D eigenvalue weighted by Gasteiger charge is -2.15. The van der Waals surface area contributed by atoms with Crippen LogP contribution in [0, 0.1) is 0 Å². The third-order valence-corrected chi connectivity index (χ3v) is 3.93. The van der Waals surface area contributed by atoms with Crippen molar-refractivity contribution in [1.29, 1.82) is 0 Å². The fourth-order valence-corrected chi connectivity index (χ4v) is 2.58. The Balaban J connectivity index is 2.05. The normalized spacial score (nSPS) is 10.5. The quantitative estimate of drug-likeness (QED) is 0.738. The highest BCUT2D eigenvalue weighted by Crippen LogP contribution is 2.25. The predicted molar refractivity (Wildman–Crippen MR) is 96.0 cm³/mol. The van der Waals surface area contributed by atoms with Gasteiger partial charge >= 0.3 is 5.97 Å². The summed E-state index contributed by atoms with van der Waals surface area (Å²) in [6.07, 6.45) is -0.129. The highest BCUT2D eigenvalue weighted by atomic mass is 16.4. The van der Waals surface area contributed by atoms with E-state index in [1.807, 2.05) is 60.7 Å². The van der Waals surface area contributed by atoms with Gasteiger partial charge in [-0.15, -0.1) is 5.10 Å². The van der Waals surface area contributed by atoms with E-state index in [4.69, 9.17) is 5.11 Å². The summed E-state index contributed by atoms with van der Waals surface area (Å²) in [7, 11) is 1.56. The molecular weight excluding hydrogens is 332 g/mol. The van der Waals surface area contributed by atoms with Crippen LogP contribution in [0.1, 0.15) is 16.9 Å². The first kappa shape index (κ1) is 17.3. The largest absolute Gasteiger partial charge is 0.481 e. The van der Waals surface area contributed by atoms with E-state index in [0.29, 0.717) is 5.69 Å². The number of carbonyl (C=O) groups is 2. The lowest BCUT2D eigenvalue weighted by atomic mass is 10.1. The lowest BCUT2D eigenvalue weighted by molar-refractivity contribution is -0.137. The monoisotopic (exact) mass is 350 g/mol. The van der Waals surface area contributed by atoms with Crippen molar-refractivity contribution in [3.8, 4) is 16.9 Å². The van der Waals surface area contributed by atoms with Crippen molar-refractivity contribution in [1.82, 2.24) is 19.9 Å². The van der Waals surface area contributed by atoms with Gasteiger partial charge in [0, 0.05) is 19.2 Å². The molecule has 7 heteroatoms. The standard InChI is InChI=1S/C19H18N4O3/c1-22(13-12-16(24)25)19(26)17-18(14-8-4-2-5-9-14)23(21-20-17)15-10-6-3-7-11-15/h2-11H,12-13H2,1H3,(H,24,25). The van der Waals surface area contributed by atoms with E-state index >= 15 is 0 Å². The number of para-hydroxylation sites is 1. The molecule has 0 aliphatic heterocycles. The van der Waals surface area contributed by atoms with E-state index in [0.717, 1.165) is 11.3 Å². The molecule has 0 saturated heterocycles. The number of hydrogen-bond acceptors (Lipinski definition) is 4. The van der Waals surface area contributed by atoms with Gasteiger partial charge in [0.15, 0.2) is 5.69 Å². The molecule has 0 fully saturated rings. The number of rotatable bonds is 6. The molecule has 0 unspecified atom stereocenters. The van der Waals surface area contributed by atoms with Crippen molar-refractivity contribution in [3.05, 3.63) is 66.4 Å². The SMILES string of the molecule is CN(CCC(=O)O)C(=O)c1nnn(-c2ccccc2)c1-c1ccccc1. The first-order valence-electron chi connectivity index (χ1n) is 8.11. The van der Waals surface area contributed by atoms with Crippen molar-refractivity contribution < 1.29 is 14.7 Å². The van der Waals surface area contributed by atoms with E-state index in [9.17, 15) is 9.59 Å². The summed E-state index contributed by atoms with van der Waals surface area (Å²) < 4.78 is 1.62. The van der Waals surface area contributed by atoms with Crippen LogP contribution in [0.3, 0.4) is 0 Å². The number of nitrogens with zero attached hydrogens (tertiary/aromatic N) is 4. The Hall–Kier alpha value is -3.48. The number of hydrogen-bond donors (Lipinski definition) is 1. The fraction of sp³-hybridized carbons (Fsp3) is 0.158. The van der Waals surface area contributed by atoms with Crippen LogP contribution in [0.25, 0.3) is 16.9 Å². The Kier molecular flexibility index (Phi) is 5.07. The number of carbonyl (C=O) groups excluding carboxylic acids is 1. The van der Waals surface area contributed by atoms with Crippen molar-refractivity contribution in [2.45, 2.75) is 6.42 Å². The molecule has 0 aliphatic carbocycles. The maximum atomic E-state index is 12.8. The first-order valence-corrected chi connectivity index (χ1v) is 8.11. The minimum absolute atomic E-state index is 0.0978. The molecule has 132 valence electrons. The zero-order valence-electron chi connectivity index (χ0n) is 14.2. The molecule has 7 nitrogen and oxygen atoms in total. The molecule has 0 radical (unpaired) electrons. The molecule has 1 aromatic heterocycles. The number of carboxylic acid groups (broad SMARTS) is 1. The second kappa shape index (κ2) is 7.60. The number of amides is 1. The number of aliphatic carboxylic acids is 1. The summed E-state index contributed by atoms with van der Waals surface area (Å²) in [5.41, 5.74) is 2.35. The van der Waals surface area contributed by atoms with Crippen LogP contribution in [-0.4, -0.2) is 50.5 Å². The molecule has 2 aromatic carbocycles. The average molecular weight is 350 g/mol. The number of aromatic nitrogens is 3. The molecule has 1 N–H and O–H groups in total. The van der Waals surface area contributed by atoms with E-state index in [2.05, 4.69) is 10.3 Å². The van der Waals surface area contributed by atoms with Gasteiger partial charge < -0.3 is 10.0 Å². The molecule has 1 heterocycles. The Morgan fingerprint density at radius 2 is 1.65 bits per heavy atom. The van der Waals surface area contributed by atoms with Crippen LogP contribution < -0.4 is 0 Å². The molecule has 3 aromatic rings. The van der Waals surface area contributed by atoms with Crippen molar-refractivity contribution in [2.24, 2.45) is 0 Å². The molecule has 26 heavy (non-hydrogen) atoms. The van der Waals surface area contributed by atoms with E-state index in [1.54, 1.807) is 11.7 Å².